The number of halogens is 2. The van der Waals surface area contributed by atoms with Gasteiger partial charge in [0.1, 0.15) is 5.82 Å². The number of nitrogens with zero attached hydrogens (tertiary/aromatic N) is 4. The average Bonchev–Trinajstić information content (AvgIpc) is 3.40. The number of tetrazole rings is 1. The number of benzene rings is 3. The minimum absolute atomic E-state index is 0.0657. The summed E-state index contributed by atoms with van der Waals surface area (Å²) in [7, 11) is 0. The second kappa shape index (κ2) is 12.0. The molecule has 0 saturated heterocycles. The summed E-state index contributed by atoms with van der Waals surface area (Å²) < 4.78 is 13.6. The van der Waals surface area contributed by atoms with Gasteiger partial charge < -0.3 is 15.5 Å². The normalized spacial score (nSPS) is 11.2. The van der Waals surface area contributed by atoms with Crippen LogP contribution in [-0.2, 0) is 0 Å². The molecule has 0 spiro atoms. The minimum Gasteiger partial charge on any atom is -0.369 e. The van der Waals surface area contributed by atoms with Crippen LogP contribution in [0.3, 0.4) is 0 Å². The Hall–Kier alpha value is -3.98. The molecule has 0 saturated carbocycles. The summed E-state index contributed by atoms with van der Waals surface area (Å²) in [6, 6.07) is 17.4. The fourth-order valence-electron chi connectivity index (χ4n) is 4.31. The van der Waals surface area contributed by atoms with Crippen LogP contribution in [0.1, 0.15) is 27.7 Å². The van der Waals surface area contributed by atoms with Crippen LogP contribution in [0, 0.1) is 17.7 Å². The van der Waals surface area contributed by atoms with E-state index in [1.165, 1.54) is 18.2 Å². The largest absolute Gasteiger partial charge is 0.369 e. The monoisotopic (exact) mass is 535 g/mol. The molecule has 10 heteroatoms. The Morgan fingerprint density at radius 2 is 1.68 bits per heavy atom. The molecular weight excluding hydrogens is 505 g/mol. The first-order valence-corrected chi connectivity index (χ1v) is 12.8. The third-order valence-corrected chi connectivity index (χ3v) is 6.06. The van der Waals surface area contributed by atoms with E-state index in [9.17, 15) is 9.18 Å². The van der Waals surface area contributed by atoms with Crippen molar-refractivity contribution in [3.05, 3.63) is 71.5 Å². The Morgan fingerprint density at radius 3 is 2.32 bits per heavy atom. The number of urea groups is 1. The maximum atomic E-state index is 13.6. The van der Waals surface area contributed by atoms with Crippen molar-refractivity contribution in [3.8, 4) is 22.5 Å². The van der Waals surface area contributed by atoms with Crippen LogP contribution in [0.15, 0.2) is 60.7 Å². The van der Waals surface area contributed by atoms with Crippen molar-refractivity contribution in [2.45, 2.75) is 27.7 Å². The molecule has 38 heavy (non-hydrogen) atoms. The van der Waals surface area contributed by atoms with E-state index in [2.05, 4.69) is 63.9 Å². The molecule has 1 heterocycles. The van der Waals surface area contributed by atoms with E-state index in [-0.39, 0.29) is 5.02 Å². The second-order valence-electron chi connectivity index (χ2n) is 9.93. The highest BCUT2D eigenvalue weighted by Crippen LogP contribution is 2.36. The van der Waals surface area contributed by atoms with Crippen LogP contribution in [0.25, 0.3) is 22.5 Å². The van der Waals surface area contributed by atoms with Crippen molar-refractivity contribution in [3.63, 3.8) is 0 Å². The van der Waals surface area contributed by atoms with Crippen molar-refractivity contribution >= 4 is 34.7 Å². The number of hydrogen-bond acceptors (Lipinski definition) is 5. The van der Waals surface area contributed by atoms with E-state index in [4.69, 9.17) is 11.6 Å². The lowest BCUT2D eigenvalue weighted by atomic mass is 9.97. The van der Waals surface area contributed by atoms with Gasteiger partial charge in [-0.1, -0.05) is 69.6 Å². The molecule has 0 bridgehead atoms. The van der Waals surface area contributed by atoms with E-state index in [1.54, 1.807) is 0 Å². The summed E-state index contributed by atoms with van der Waals surface area (Å²) in [5, 5.41) is 20.0. The number of amides is 2. The number of aromatic nitrogens is 4. The Labute approximate surface area is 226 Å². The van der Waals surface area contributed by atoms with Crippen LogP contribution >= 0.6 is 11.6 Å². The van der Waals surface area contributed by atoms with E-state index >= 15 is 0 Å². The summed E-state index contributed by atoms with van der Waals surface area (Å²) in [5.74, 6) is 0.824. The van der Waals surface area contributed by atoms with Crippen molar-refractivity contribution in [2.75, 3.05) is 28.6 Å². The van der Waals surface area contributed by atoms with Crippen molar-refractivity contribution in [1.29, 1.82) is 0 Å². The second-order valence-corrected chi connectivity index (χ2v) is 10.3. The van der Waals surface area contributed by atoms with E-state index in [0.29, 0.717) is 29.0 Å². The number of anilines is 3. The third kappa shape index (κ3) is 6.66. The first-order valence-electron chi connectivity index (χ1n) is 12.5. The van der Waals surface area contributed by atoms with E-state index < -0.39 is 11.8 Å². The van der Waals surface area contributed by atoms with Crippen LogP contribution in [-0.4, -0.2) is 39.7 Å². The molecule has 0 aliphatic rings. The number of aromatic amines is 1. The lowest BCUT2D eigenvalue weighted by Crippen LogP contribution is -2.32. The summed E-state index contributed by atoms with van der Waals surface area (Å²) >= 11 is 5.90. The molecule has 3 N–H and O–H groups in total. The van der Waals surface area contributed by atoms with Gasteiger partial charge in [-0.2, -0.15) is 0 Å². The first-order chi connectivity index (χ1) is 18.2. The van der Waals surface area contributed by atoms with Gasteiger partial charge in [-0.3, -0.25) is 0 Å². The summed E-state index contributed by atoms with van der Waals surface area (Å²) in [4.78, 5) is 15.4. The lowest BCUT2D eigenvalue weighted by molar-refractivity contribution is 0.262. The zero-order chi connectivity index (χ0) is 27.2. The highest BCUT2D eigenvalue weighted by Gasteiger charge is 2.19. The maximum absolute atomic E-state index is 13.6. The van der Waals surface area contributed by atoms with Crippen molar-refractivity contribution in [1.82, 2.24) is 20.6 Å². The van der Waals surface area contributed by atoms with Crippen LogP contribution in [0.5, 0.6) is 0 Å². The van der Waals surface area contributed by atoms with Gasteiger partial charge in [0, 0.05) is 24.3 Å². The molecule has 1 aromatic heterocycles. The topological polar surface area (TPSA) is 98.8 Å². The molecule has 4 rings (SSSR count). The van der Waals surface area contributed by atoms with Gasteiger partial charge in [-0.25, -0.2) is 14.3 Å². The fourth-order valence-corrected chi connectivity index (χ4v) is 4.49. The predicted molar refractivity (Wildman–Crippen MR) is 151 cm³/mol. The first kappa shape index (κ1) is 27.1. The molecule has 0 aliphatic carbocycles. The molecule has 4 aromatic rings. The van der Waals surface area contributed by atoms with Crippen LogP contribution < -0.4 is 15.5 Å². The number of nitrogens with one attached hydrogen (secondary N) is 3. The molecule has 198 valence electrons. The average molecular weight is 536 g/mol. The van der Waals surface area contributed by atoms with Crippen molar-refractivity contribution in [2.24, 2.45) is 11.8 Å². The summed E-state index contributed by atoms with van der Waals surface area (Å²) in [5.41, 5.74) is 4.56. The Bertz CT molecular complexity index is 1380. The molecule has 0 radical (unpaired) electrons. The Balaban J connectivity index is 1.74. The highest BCUT2D eigenvalue weighted by atomic mass is 35.5. The van der Waals surface area contributed by atoms with Crippen LogP contribution in [0.2, 0.25) is 5.02 Å². The zero-order valence-electron chi connectivity index (χ0n) is 21.8. The van der Waals surface area contributed by atoms with Gasteiger partial charge in [-0.05, 0) is 63.7 Å². The highest BCUT2D eigenvalue weighted by molar-refractivity contribution is 6.31. The van der Waals surface area contributed by atoms with E-state index in [1.807, 2.05) is 42.5 Å². The number of carbonyl (C=O) groups excluding carboxylic acids is 1. The van der Waals surface area contributed by atoms with E-state index in [0.717, 1.165) is 35.5 Å². The predicted octanol–water partition coefficient (Wildman–Crippen LogP) is 7.09. The molecule has 0 atom stereocenters. The number of hydrogen-bond donors (Lipinski definition) is 3. The quantitative estimate of drug-likeness (QED) is 0.212. The Morgan fingerprint density at radius 1 is 0.974 bits per heavy atom. The van der Waals surface area contributed by atoms with Gasteiger partial charge in [0.2, 0.25) is 0 Å². The molecule has 0 fully saturated rings. The standard InChI is InChI=1S/C28H31ClFN7O/c1-17(2)15-37(16-18(3)4)26-12-9-19(21-7-5-6-8-22(21)27-33-35-36-34-27)13-25(26)32-28(38)31-20-10-11-24(30)23(29)14-20/h5-14,17-18H,15-16H2,1-4H3,(H2,31,32,38)(H,33,34,35,36). The lowest BCUT2D eigenvalue weighted by Gasteiger charge is -2.31. The van der Waals surface area contributed by atoms with Gasteiger partial charge in [0.25, 0.3) is 0 Å². The number of carbonyl (C=O) groups is 1. The smallest absolute Gasteiger partial charge is 0.323 e. The molecule has 2 amide bonds. The van der Waals surface area contributed by atoms with Crippen LogP contribution in [0.4, 0.5) is 26.2 Å². The SMILES string of the molecule is CC(C)CN(CC(C)C)c1ccc(-c2ccccc2-c2nnn[nH]2)cc1NC(=O)Nc1ccc(F)c(Cl)c1. The van der Waals surface area contributed by atoms with Gasteiger partial charge >= 0.3 is 6.03 Å². The molecule has 0 unspecified atom stereocenters. The Kier molecular flexibility index (Phi) is 8.58. The summed E-state index contributed by atoms with van der Waals surface area (Å²) in [6.45, 7) is 10.3. The minimum atomic E-state index is -0.550. The van der Waals surface area contributed by atoms with Gasteiger partial charge in [0.05, 0.1) is 16.4 Å². The number of H-pyrrole nitrogens is 1. The maximum Gasteiger partial charge on any atom is 0.323 e. The fraction of sp³-hybridized carbons (Fsp3) is 0.286. The van der Waals surface area contributed by atoms with Gasteiger partial charge in [-0.15, -0.1) is 5.10 Å². The molecule has 3 aromatic carbocycles. The third-order valence-electron chi connectivity index (χ3n) is 5.77. The van der Waals surface area contributed by atoms with Crippen molar-refractivity contribution < 1.29 is 9.18 Å². The molecular formula is C28H31ClFN7O. The molecule has 0 aliphatic heterocycles. The zero-order valence-corrected chi connectivity index (χ0v) is 22.6. The summed E-state index contributed by atoms with van der Waals surface area (Å²) in [6.07, 6.45) is 0. The number of rotatable bonds is 9. The van der Waals surface area contributed by atoms with Gasteiger partial charge in [0.15, 0.2) is 5.82 Å². The molecule has 8 nitrogen and oxygen atoms in total.